The first-order valence-corrected chi connectivity index (χ1v) is 5.27. The van der Waals surface area contributed by atoms with Crippen LogP contribution in [-0.2, 0) is 6.42 Å². The van der Waals surface area contributed by atoms with E-state index in [4.69, 9.17) is 5.73 Å². The van der Waals surface area contributed by atoms with E-state index in [9.17, 15) is 0 Å². The van der Waals surface area contributed by atoms with Gasteiger partial charge in [-0.1, -0.05) is 28.1 Å². The zero-order valence-corrected chi connectivity index (χ0v) is 8.89. The average Bonchev–Trinajstić information content (AvgIpc) is 2.07. The van der Waals surface area contributed by atoms with Gasteiger partial charge in [0, 0.05) is 11.0 Å². The number of nitrogen functional groups attached to an aromatic ring is 1. The van der Waals surface area contributed by atoms with Crippen LogP contribution >= 0.6 is 15.9 Å². The summed E-state index contributed by atoms with van der Waals surface area (Å²) in [6.07, 6.45) is 2.28. The minimum atomic E-state index is 0.905. The highest BCUT2D eigenvalue weighted by Crippen LogP contribution is 2.14. The number of nitrogens with two attached hydrogens (primary N) is 1. The molecule has 0 unspecified atom stereocenters. The van der Waals surface area contributed by atoms with Gasteiger partial charge >= 0.3 is 0 Å². The monoisotopic (exact) mass is 227 g/mol. The van der Waals surface area contributed by atoms with E-state index in [1.165, 1.54) is 12.0 Å². The van der Waals surface area contributed by atoms with E-state index < -0.39 is 0 Å². The van der Waals surface area contributed by atoms with Gasteiger partial charge in [-0.25, -0.2) is 0 Å². The quantitative estimate of drug-likeness (QED) is 0.624. The highest BCUT2D eigenvalue weighted by Gasteiger charge is 1.95. The molecule has 0 aliphatic rings. The lowest BCUT2D eigenvalue weighted by molar-refractivity contribution is 0.939. The lowest BCUT2D eigenvalue weighted by Crippen LogP contribution is -1.92. The molecule has 12 heavy (non-hydrogen) atoms. The largest absolute Gasteiger partial charge is 0.399 e. The Morgan fingerprint density at radius 2 is 2.17 bits per heavy atom. The molecule has 66 valence electrons. The molecule has 0 fully saturated rings. The molecule has 0 aliphatic heterocycles. The van der Waals surface area contributed by atoms with Crippen LogP contribution in [-0.4, -0.2) is 5.33 Å². The molecule has 0 saturated carbocycles. The Bertz CT molecular complexity index is 258. The van der Waals surface area contributed by atoms with Crippen molar-refractivity contribution in [2.45, 2.75) is 19.8 Å². The molecule has 2 heteroatoms. The highest BCUT2D eigenvalue weighted by molar-refractivity contribution is 9.09. The van der Waals surface area contributed by atoms with E-state index in [1.54, 1.807) is 0 Å². The summed E-state index contributed by atoms with van der Waals surface area (Å²) in [5.74, 6) is 0. The van der Waals surface area contributed by atoms with Gasteiger partial charge in [-0.2, -0.15) is 0 Å². The molecule has 0 heterocycles. The maximum atomic E-state index is 5.78. The Morgan fingerprint density at radius 1 is 1.42 bits per heavy atom. The van der Waals surface area contributed by atoms with Crippen LogP contribution in [0.5, 0.6) is 0 Å². The van der Waals surface area contributed by atoms with Gasteiger partial charge in [0.05, 0.1) is 0 Å². The fourth-order valence-electron chi connectivity index (χ4n) is 1.12. The van der Waals surface area contributed by atoms with Gasteiger partial charge in [-0.3, -0.25) is 0 Å². The van der Waals surface area contributed by atoms with Gasteiger partial charge in [-0.15, -0.1) is 0 Å². The van der Waals surface area contributed by atoms with Gasteiger partial charge in [0.1, 0.15) is 0 Å². The molecule has 0 aliphatic carbocycles. The van der Waals surface area contributed by atoms with E-state index in [0.29, 0.717) is 0 Å². The number of hydrogen-bond acceptors (Lipinski definition) is 1. The van der Waals surface area contributed by atoms with Crippen LogP contribution < -0.4 is 5.73 Å². The van der Waals surface area contributed by atoms with Crippen LogP contribution in [0.3, 0.4) is 0 Å². The molecule has 1 nitrogen and oxygen atoms in total. The van der Waals surface area contributed by atoms with Gasteiger partial charge < -0.3 is 5.73 Å². The van der Waals surface area contributed by atoms with Crippen LogP contribution in [0, 0.1) is 6.92 Å². The standard InChI is InChI=1S/C10H14BrN/c1-8-4-5-9(3-2-6-11)7-10(8)12/h4-5,7H,2-3,6,12H2,1H3. The number of hydrogen-bond donors (Lipinski definition) is 1. The molecule has 1 aromatic carbocycles. The van der Waals surface area contributed by atoms with E-state index in [1.807, 2.05) is 6.92 Å². The number of halogens is 1. The second-order valence-electron chi connectivity index (χ2n) is 2.98. The predicted octanol–water partition coefficient (Wildman–Crippen LogP) is 2.90. The first-order valence-electron chi connectivity index (χ1n) is 4.15. The predicted molar refractivity (Wildman–Crippen MR) is 57.7 cm³/mol. The van der Waals surface area contributed by atoms with Crippen molar-refractivity contribution in [2.24, 2.45) is 0 Å². The Hall–Kier alpha value is -0.500. The van der Waals surface area contributed by atoms with Gasteiger partial charge in [0.25, 0.3) is 0 Å². The highest BCUT2D eigenvalue weighted by atomic mass is 79.9. The molecule has 0 spiro atoms. The Balaban J connectivity index is 2.69. The summed E-state index contributed by atoms with van der Waals surface area (Å²) < 4.78 is 0. The Labute approximate surface area is 82.1 Å². The molecule has 1 rings (SSSR count). The summed E-state index contributed by atoms with van der Waals surface area (Å²) >= 11 is 3.41. The second kappa shape index (κ2) is 4.51. The third-order valence-electron chi connectivity index (χ3n) is 1.94. The summed E-state index contributed by atoms with van der Waals surface area (Å²) in [6.45, 7) is 2.03. The van der Waals surface area contributed by atoms with Crippen LogP contribution in [0.25, 0.3) is 0 Å². The van der Waals surface area contributed by atoms with E-state index in [0.717, 1.165) is 23.0 Å². The Morgan fingerprint density at radius 3 is 2.75 bits per heavy atom. The molecule has 0 aromatic heterocycles. The van der Waals surface area contributed by atoms with Crippen LogP contribution in [0.4, 0.5) is 5.69 Å². The Kier molecular flexibility index (Phi) is 3.60. The number of alkyl halides is 1. The van der Waals surface area contributed by atoms with E-state index in [2.05, 4.69) is 34.1 Å². The fraction of sp³-hybridized carbons (Fsp3) is 0.400. The lowest BCUT2D eigenvalue weighted by Gasteiger charge is -2.03. The summed E-state index contributed by atoms with van der Waals surface area (Å²) in [4.78, 5) is 0. The van der Waals surface area contributed by atoms with Crippen molar-refractivity contribution < 1.29 is 0 Å². The molecular formula is C10H14BrN. The number of aryl methyl sites for hydroxylation is 2. The molecule has 2 N–H and O–H groups in total. The third-order valence-corrected chi connectivity index (χ3v) is 2.50. The average molecular weight is 228 g/mol. The minimum absolute atomic E-state index is 0.905. The maximum Gasteiger partial charge on any atom is 0.0346 e. The van der Waals surface area contributed by atoms with Crippen molar-refractivity contribution >= 4 is 21.6 Å². The first-order chi connectivity index (χ1) is 5.74. The second-order valence-corrected chi connectivity index (χ2v) is 3.78. The summed E-state index contributed by atoms with van der Waals surface area (Å²) in [5.41, 5.74) is 9.18. The number of anilines is 1. The zero-order chi connectivity index (χ0) is 8.97. The molecular weight excluding hydrogens is 214 g/mol. The SMILES string of the molecule is Cc1ccc(CCCBr)cc1N. The third kappa shape index (κ3) is 2.52. The van der Waals surface area contributed by atoms with Crippen LogP contribution in [0.1, 0.15) is 17.5 Å². The van der Waals surface area contributed by atoms with E-state index >= 15 is 0 Å². The minimum Gasteiger partial charge on any atom is -0.399 e. The zero-order valence-electron chi connectivity index (χ0n) is 7.31. The molecule has 0 bridgehead atoms. The molecule has 1 aromatic rings. The number of benzene rings is 1. The molecule has 0 radical (unpaired) electrons. The fourth-order valence-corrected chi connectivity index (χ4v) is 1.40. The number of rotatable bonds is 3. The molecule has 0 atom stereocenters. The summed E-state index contributed by atoms with van der Waals surface area (Å²) in [6, 6.07) is 6.30. The first kappa shape index (κ1) is 9.59. The van der Waals surface area contributed by atoms with Crippen molar-refractivity contribution in [1.29, 1.82) is 0 Å². The van der Waals surface area contributed by atoms with E-state index in [-0.39, 0.29) is 0 Å². The maximum absolute atomic E-state index is 5.78. The van der Waals surface area contributed by atoms with Crippen molar-refractivity contribution in [3.63, 3.8) is 0 Å². The molecule has 0 saturated heterocycles. The van der Waals surface area contributed by atoms with Crippen molar-refractivity contribution in [3.8, 4) is 0 Å². The topological polar surface area (TPSA) is 26.0 Å². The van der Waals surface area contributed by atoms with Gasteiger partial charge in [0.2, 0.25) is 0 Å². The van der Waals surface area contributed by atoms with Crippen LogP contribution in [0.15, 0.2) is 18.2 Å². The van der Waals surface area contributed by atoms with Crippen molar-refractivity contribution in [1.82, 2.24) is 0 Å². The lowest BCUT2D eigenvalue weighted by atomic mass is 10.1. The van der Waals surface area contributed by atoms with Gasteiger partial charge in [0.15, 0.2) is 0 Å². The van der Waals surface area contributed by atoms with Crippen molar-refractivity contribution in [2.75, 3.05) is 11.1 Å². The summed E-state index contributed by atoms with van der Waals surface area (Å²) in [7, 11) is 0. The van der Waals surface area contributed by atoms with Gasteiger partial charge in [-0.05, 0) is 37.0 Å². The normalized spacial score (nSPS) is 10.2. The van der Waals surface area contributed by atoms with Crippen molar-refractivity contribution in [3.05, 3.63) is 29.3 Å². The molecule has 0 amide bonds. The van der Waals surface area contributed by atoms with Crippen LogP contribution in [0.2, 0.25) is 0 Å². The smallest absolute Gasteiger partial charge is 0.0346 e. The summed E-state index contributed by atoms with van der Waals surface area (Å²) in [5, 5.41) is 1.06.